The number of benzene rings is 1. The van der Waals surface area contributed by atoms with Gasteiger partial charge in [0.2, 0.25) is 0 Å². The van der Waals surface area contributed by atoms with Gasteiger partial charge in [-0.25, -0.2) is 4.79 Å². The Kier molecular flexibility index (Phi) is 7.27. The van der Waals surface area contributed by atoms with E-state index in [2.05, 4.69) is 51.0 Å². The van der Waals surface area contributed by atoms with Gasteiger partial charge < -0.3 is 24.2 Å². The largest absolute Gasteiger partial charge is 0.462 e. The Hall–Kier alpha value is -3.66. The molecule has 1 amide bonds. The first-order valence-corrected chi connectivity index (χ1v) is 15.8. The van der Waals surface area contributed by atoms with Crippen LogP contribution in [-0.2, 0) is 17.7 Å². The van der Waals surface area contributed by atoms with Gasteiger partial charge in [-0.15, -0.1) is 0 Å². The van der Waals surface area contributed by atoms with Crippen LogP contribution in [0.15, 0.2) is 36.7 Å². The number of hydrogen-bond donors (Lipinski definition) is 0. The molecule has 228 valence electrons. The number of ether oxygens (including phenoxy) is 2. The van der Waals surface area contributed by atoms with Crippen LogP contribution in [0.2, 0.25) is 0 Å². The van der Waals surface area contributed by atoms with Crippen molar-refractivity contribution >= 4 is 28.4 Å². The van der Waals surface area contributed by atoms with Crippen molar-refractivity contribution < 1.29 is 14.3 Å². The maximum atomic E-state index is 13.1. The Morgan fingerprint density at radius 1 is 1.00 bits per heavy atom. The van der Waals surface area contributed by atoms with E-state index in [4.69, 9.17) is 19.4 Å². The SMILES string of the molecule is CN1CCC[C@H]1COc1nc2c(c(N3C[C@H]4CC[C@@H](C3)N4C(=O)OC(C)(C)C)n1)CCN(c1cncc3ccccc13)C2. The summed E-state index contributed by atoms with van der Waals surface area (Å²) in [6.07, 6.45) is 8.81. The number of fused-ring (bicyclic) bond motifs is 4. The lowest BCUT2D eigenvalue weighted by Gasteiger charge is -2.43. The van der Waals surface area contributed by atoms with Gasteiger partial charge in [0.1, 0.15) is 18.0 Å². The lowest BCUT2D eigenvalue weighted by Crippen LogP contribution is -2.57. The van der Waals surface area contributed by atoms with Crippen LogP contribution in [0, 0.1) is 0 Å². The number of nitrogens with zero attached hydrogens (tertiary/aromatic N) is 7. The Balaban J connectivity index is 1.18. The average molecular weight is 586 g/mol. The van der Waals surface area contributed by atoms with Gasteiger partial charge in [0, 0.05) is 48.2 Å². The molecule has 3 aromatic rings. The fraction of sp³-hybridized carbons (Fsp3) is 0.576. The highest BCUT2D eigenvalue weighted by Crippen LogP contribution is 2.38. The number of likely N-dealkylation sites (tertiary alicyclic amines) is 1. The smallest absolute Gasteiger partial charge is 0.410 e. The molecule has 43 heavy (non-hydrogen) atoms. The first-order valence-electron chi connectivity index (χ1n) is 15.8. The fourth-order valence-electron chi connectivity index (χ4n) is 7.32. The van der Waals surface area contributed by atoms with E-state index in [1.54, 1.807) is 0 Å². The maximum absolute atomic E-state index is 13.1. The lowest BCUT2D eigenvalue weighted by molar-refractivity contribution is 0.0122. The number of hydrogen-bond acceptors (Lipinski definition) is 9. The van der Waals surface area contributed by atoms with Crippen LogP contribution >= 0.6 is 0 Å². The van der Waals surface area contributed by atoms with Crippen molar-refractivity contribution in [1.82, 2.24) is 24.8 Å². The van der Waals surface area contributed by atoms with Gasteiger partial charge in [0.15, 0.2) is 0 Å². The minimum atomic E-state index is -0.509. The molecule has 3 atom stereocenters. The summed E-state index contributed by atoms with van der Waals surface area (Å²) in [6, 6.07) is 9.47. The second kappa shape index (κ2) is 11.1. The standard InChI is InChI=1S/C33H43N7O3/c1-33(2,3)43-32(41)40-23-11-12-24(40)19-39(18-23)30-27-13-15-38(29-17-34-16-22-8-5-6-10-26(22)29)20-28(27)35-31(36-30)42-21-25-9-7-14-37(25)4/h5-6,8,10,16-17,23-25H,7,9,11-15,18-21H2,1-4H3/t23-,24+,25-/m0/s1. The van der Waals surface area contributed by atoms with Crippen LogP contribution in [0.25, 0.3) is 10.8 Å². The zero-order valence-electron chi connectivity index (χ0n) is 25.8. The van der Waals surface area contributed by atoms with Crippen molar-refractivity contribution in [3.63, 3.8) is 0 Å². The molecule has 2 aromatic heterocycles. The predicted molar refractivity (Wildman–Crippen MR) is 167 cm³/mol. The highest BCUT2D eigenvalue weighted by atomic mass is 16.6. The number of amides is 1. The number of carbonyl (C=O) groups is 1. The summed E-state index contributed by atoms with van der Waals surface area (Å²) >= 11 is 0. The topological polar surface area (TPSA) is 87.2 Å². The Morgan fingerprint density at radius 2 is 1.79 bits per heavy atom. The third kappa shape index (κ3) is 5.57. The van der Waals surface area contributed by atoms with Crippen LogP contribution < -0.4 is 14.5 Å². The maximum Gasteiger partial charge on any atom is 0.410 e. The highest BCUT2D eigenvalue weighted by molar-refractivity contribution is 5.93. The number of rotatable bonds is 5. The molecule has 1 aromatic carbocycles. The van der Waals surface area contributed by atoms with E-state index in [0.29, 0.717) is 25.2 Å². The Labute approximate surface area is 254 Å². The molecule has 3 fully saturated rings. The van der Waals surface area contributed by atoms with Gasteiger partial charge in [0.05, 0.1) is 36.2 Å². The molecule has 7 rings (SSSR count). The molecule has 3 saturated heterocycles. The number of piperazine rings is 1. The zero-order valence-corrected chi connectivity index (χ0v) is 25.8. The molecule has 0 N–H and O–H groups in total. The van der Waals surface area contributed by atoms with Gasteiger partial charge in [-0.05, 0) is 66.5 Å². The van der Waals surface area contributed by atoms with Crippen molar-refractivity contribution in [1.29, 1.82) is 0 Å². The highest BCUT2D eigenvalue weighted by Gasteiger charge is 2.45. The normalized spacial score (nSPS) is 24.0. The van der Waals surface area contributed by atoms with E-state index >= 15 is 0 Å². The number of anilines is 2. The summed E-state index contributed by atoms with van der Waals surface area (Å²) in [5.74, 6) is 0.969. The van der Waals surface area contributed by atoms with Crippen molar-refractivity contribution in [2.45, 2.75) is 83.1 Å². The van der Waals surface area contributed by atoms with E-state index in [0.717, 1.165) is 74.4 Å². The van der Waals surface area contributed by atoms with Crippen LogP contribution in [-0.4, -0.2) is 94.4 Å². The summed E-state index contributed by atoms with van der Waals surface area (Å²) in [5, 5.41) is 2.34. The molecule has 0 radical (unpaired) electrons. The molecule has 4 aliphatic rings. The summed E-state index contributed by atoms with van der Waals surface area (Å²) in [6.45, 7) is 10.5. The van der Waals surface area contributed by atoms with Crippen LogP contribution in [0.4, 0.5) is 16.3 Å². The van der Waals surface area contributed by atoms with Crippen LogP contribution in [0.3, 0.4) is 0 Å². The van der Waals surface area contributed by atoms with Gasteiger partial charge in [0.25, 0.3) is 0 Å². The van der Waals surface area contributed by atoms with E-state index in [1.807, 2.05) is 38.1 Å². The van der Waals surface area contributed by atoms with Crippen molar-refractivity contribution in [2.24, 2.45) is 0 Å². The van der Waals surface area contributed by atoms with Gasteiger partial charge in [-0.1, -0.05) is 24.3 Å². The molecule has 0 aliphatic carbocycles. The summed E-state index contributed by atoms with van der Waals surface area (Å²) < 4.78 is 12.1. The number of likely N-dealkylation sites (N-methyl/N-ethyl adjacent to an activating group) is 1. The number of aromatic nitrogens is 3. The third-order valence-corrected chi connectivity index (χ3v) is 9.47. The zero-order chi connectivity index (χ0) is 29.7. The summed E-state index contributed by atoms with van der Waals surface area (Å²) in [4.78, 5) is 36.9. The minimum Gasteiger partial charge on any atom is -0.462 e. The number of pyridine rings is 1. The first-order chi connectivity index (χ1) is 20.7. The van der Waals surface area contributed by atoms with Crippen LogP contribution in [0.5, 0.6) is 6.01 Å². The van der Waals surface area contributed by atoms with Crippen molar-refractivity contribution in [3.8, 4) is 6.01 Å². The fourth-order valence-corrected chi connectivity index (χ4v) is 7.32. The van der Waals surface area contributed by atoms with Crippen LogP contribution in [0.1, 0.15) is 57.7 Å². The third-order valence-electron chi connectivity index (χ3n) is 9.47. The lowest BCUT2D eigenvalue weighted by atomic mass is 10.0. The monoisotopic (exact) mass is 585 g/mol. The molecular weight excluding hydrogens is 542 g/mol. The van der Waals surface area contributed by atoms with Gasteiger partial charge >= 0.3 is 12.1 Å². The predicted octanol–water partition coefficient (Wildman–Crippen LogP) is 4.65. The quantitative estimate of drug-likeness (QED) is 0.425. The van der Waals surface area contributed by atoms with Gasteiger partial charge in [-0.2, -0.15) is 9.97 Å². The molecule has 10 heteroatoms. The Bertz CT molecular complexity index is 1490. The molecule has 0 saturated carbocycles. The van der Waals surface area contributed by atoms with E-state index in [-0.39, 0.29) is 18.2 Å². The minimum absolute atomic E-state index is 0.109. The van der Waals surface area contributed by atoms with Crippen molar-refractivity contribution in [2.75, 3.05) is 49.6 Å². The molecular formula is C33H43N7O3. The van der Waals surface area contributed by atoms with Gasteiger partial charge in [-0.3, -0.25) is 9.88 Å². The molecule has 6 heterocycles. The average Bonchev–Trinajstić information content (AvgIpc) is 3.52. The summed E-state index contributed by atoms with van der Waals surface area (Å²) in [5.41, 5.74) is 2.83. The second-order valence-electron chi connectivity index (χ2n) is 13.6. The number of carbonyl (C=O) groups excluding carboxylic acids is 1. The summed E-state index contributed by atoms with van der Waals surface area (Å²) in [7, 11) is 2.16. The molecule has 4 aliphatic heterocycles. The van der Waals surface area contributed by atoms with Crippen molar-refractivity contribution in [3.05, 3.63) is 47.9 Å². The van der Waals surface area contributed by atoms with E-state index in [9.17, 15) is 4.79 Å². The molecule has 10 nitrogen and oxygen atoms in total. The second-order valence-corrected chi connectivity index (χ2v) is 13.6. The van der Waals surface area contributed by atoms with E-state index in [1.165, 1.54) is 17.4 Å². The first kappa shape index (κ1) is 28.1. The Morgan fingerprint density at radius 3 is 2.53 bits per heavy atom. The molecule has 0 unspecified atom stereocenters. The molecule has 2 bridgehead atoms. The van der Waals surface area contributed by atoms with E-state index < -0.39 is 5.60 Å². The molecule has 0 spiro atoms.